The number of imidazole rings is 1. The number of halogens is 2. The van der Waals surface area contributed by atoms with Crippen LogP contribution in [0.1, 0.15) is 55.8 Å². The first kappa shape index (κ1) is 23.6. The Balaban J connectivity index is 0.00000128. The number of hydrogen-bond acceptors (Lipinski definition) is 3. The van der Waals surface area contributed by atoms with Gasteiger partial charge in [0.25, 0.3) is 0 Å². The predicted octanol–water partition coefficient (Wildman–Crippen LogP) is 4.89. The summed E-state index contributed by atoms with van der Waals surface area (Å²) in [6.07, 6.45) is 13.5. The molecule has 1 aromatic carbocycles. The average molecular weight is 451 g/mol. The van der Waals surface area contributed by atoms with E-state index in [4.69, 9.17) is 0 Å². The fraction of sp³-hybridized carbons (Fsp3) is 0.625. The summed E-state index contributed by atoms with van der Waals surface area (Å²) >= 11 is 0. The molecule has 3 heterocycles. The summed E-state index contributed by atoms with van der Waals surface area (Å²) in [5.74, 6) is 0.794. The van der Waals surface area contributed by atoms with Crippen LogP contribution in [0.5, 0.6) is 0 Å². The number of aryl methyl sites for hydroxylation is 1. The second kappa shape index (κ2) is 10.5. The number of fused-ring (bicyclic) bond motifs is 1. The molecule has 0 radical (unpaired) electrons. The van der Waals surface area contributed by atoms with Gasteiger partial charge >= 0.3 is 0 Å². The van der Waals surface area contributed by atoms with Crippen molar-refractivity contribution in [3.05, 3.63) is 54.1 Å². The van der Waals surface area contributed by atoms with E-state index in [0.717, 1.165) is 12.5 Å². The maximum Gasteiger partial charge on any atom is 0.0951 e. The minimum Gasteiger partial charge on any atom is -0.330 e. The van der Waals surface area contributed by atoms with Crippen LogP contribution in [-0.4, -0.2) is 40.6 Å². The average Bonchev–Trinajstić information content (AvgIpc) is 3.43. The molecule has 0 spiro atoms. The molecule has 1 aromatic heterocycles. The fourth-order valence-electron chi connectivity index (χ4n) is 6.02. The molecule has 2 saturated heterocycles. The molecule has 1 saturated carbocycles. The number of benzene rings is 1. The Hall–Kier alpha value is -1.07. The molecule has 2 unspecified atom stereocenters. The van der Waals surface area contributed by atoms with E-state index in [-0.39, 0.29) is 24.8 Å². The highest BCUT2D eigenvalue weighted by Gasteiger charge is 2.48. The molecular weight excluding hydrogens is 415 g/mol. The van der Waals surface area contributed by atoms with Crippen molar-refractivity contribution in [1.82, 2.24) is 19.8 Å². The largest absolute Gasteiger partial charge is 0.330 e. The minimum atomic E-state index is 0. The lowest BCUT2D eigenvalue weighted by Crippen LogP contribution is -2.33. The molecule has 0 bridgehead atoms. The van der Waals surface area contributed by atoms with Crippen LogP contribution in [0.25, 0.3) is 0 Å². The van der Waals surface area contributed by atoms with Crippen LogP contribution in [0.3, 0.4) is 0 Å². The van der Waals surface area contributed by atoms with E-state index in [1.54, 1.807) is 0 Å². The van der Waals surface area contributed by atoms with E-state index in [9.17, 15) is 0 Å². The van der Waals surface area contributed by atoms with Crippen LogP contribution in [0.2, 0.25) is 0 Å². The van der Waals surface area contributed by atoms with Gasteiger partial charge < -0.3 is 9.88 Å². The van der Waals surface area contributed by atoms with Crippen molar-refractivity contribution in [2.75, 3.05) is 26.2 Å². The van der Waals surface area contributed by atoms with Gasteiger partial charge in [0, 0.05) is 43.8 Å². The zero-order valence-electron chi connectivity index (χ0n) is 17.8. The summed E-state index contributed by atoms with van der Waals surface area (Å²) in [7, 11) is 0. The SMILES string of the molecule is Cl.Cl.c1ccc(CCC23CNCC2CN(Cc2cncn2C2CCCCC2)C3)cc1. The second-order valence-corrected chi connectivity index (χ2v) is 9.43. The molecule has 5 rings (SSSR count). The second-order valence-electron chi connectivity index (χ2n) is 9.43. The smallest absolute Gasteiger partial charge is 0.0951 e. The number of rotatable bonds is 6. The first-order valence-electron chi connectivity index (χ1n) is 11.3. The summed E-state index contributed by atoms with van der Waals surface area (Å²) in [5.41, 5.74) is 3.36. The van der Waals surface area contributed by atoms with Gasteiger partial charge in [-0.15, -0.1) is 24.8 Å². The third-order valence-electron chi connectivity index (χ3n) is 7.61. The zero-order chi connectivity index (χ0) is 18.8. The van der Waals surface area contributed by atoms with Gasteiger partial charge in [0.2, 0.25) is 0 Å². The van der Waals surface area contributed by atoms with Gasteiger partial charge in [-0.05, 0) is 43.7 Å². The van der Waals surface area contributed by atoms with Crippen molar-refractivity contribution in [1.29, 1.82) is 0 Å². The van der Waals surface area contributed by atoms with Crippen LogP contribution >= 0.6 is 24.8 Å². The van der Waals surface area contributed by atoms with E-state index in [1.807, 2.05) is 0 Å². The molecule has 2 aliphatic heterocycles. The highest BCUT2D eigenvalue weighted by molar-refractivity contribution is 5.85. The molecule has 2 atom stereocenters. The summed E-state index contributed by atoms with van der Waals surface area (Å²) in [6.45, 7) is 5.90. The van der Waals surface area contributed by atoms with Crippen LogP contribution in [-0.2, 0) is 13.0 Å². The van der Waals surface area contributed by atoms with Gasteiger partial charge in [-0.2, -0.15) is 0 Å². The number of aromatic nitrogens is 2. The normalized spacial score (nSPS) is 26.7. The Morgan fingerprint density at radius 3 is 2.67 bits per heavy atom. The van der Waals surface area contributed by atoms with Crippen molar-refractivity contribution in [3.8, 4) is 0 Å². The Morgan fingerprint density at radius 1 is 1.07 bits per heavy atom. The van der Waals surface area contributed by atoms with Crippen molar-refractivity contribution in [2.45, 2.75) is 57.5 Å². The zero-order valence-corrected chi connectivity index (χ0v) is 19.5. The van der Waals surface area contributed by atoms with Gasteiger partial charge in [-0.25, -0.2) is 4.98 Å². The van der Waals surface area contributed by atoms with Crippen molar-refractivity contribution < 1.29 is 0 Å². The lowest BCUT2D eigenvalue weighted by molar-refractivity contribution is 0.232. The molecule has 4 nitrogen and oxygen atoms in total. The molecule has 3 aliphatic rings. The minimum absolute atomic E-state index is 0. The first-order chi connectivity index (χ1) is 13.8. The third kappa shape index (κ3) is 4.88. The third-order valence-corrected chi connectivity index (χ3v) is 7.61. The van der Waals surface area contributed by atoms with E-state index in [2.05, 4.69) is 62.6 Å². The molecule has 166 valence electrons. The summed E-state index contributed by atoms with van der Waals surface area (Å²) in [6, 6.07) is 11.7. The van der Waals surface area contributed by atoms with Crippen molar-refractivity contribution in [3.63, 3.8) is 0 Å². The van der Waals surface area contributed by atoms with E-state index < -0.39 is 0 Å². The van der Waals surface area contributed by atoms with Gasteiger partial charge in [-0.1, -0.05) is 49.6 Å². The Morgan fingerprint density at radius 2 is 1.87 bits per heavy atom. The number of hydrogen-bond donors (Lipinski definition) is 1. The molecule has 3 fully saturated rings. The van der Waals surface area contributed by atoms with Crippen LogP contribution < -0.4 is 5.32 Å². The molecule has 6 heteroatoms. The van der Waals surface area contributed by atoms with Crippen LogP contribution in [0.15, 0.2) is 42.9 Å². The number of nitrogens with one attached hydrogen (secondary N) is 1. The lowest BCUT2D eigenvalue weighted by Gasteiger charge is -2.29. The van der Waals surface area contributed by atoms with Gasteiger partial charge in [0.15, 0.2) is 0 Å². The van der Waals surface area contributed by atoms with E-state index in [0.29, 0.717) is 11.5 Å². The molecule has 0 amide bonds. The summed E-state index contributed by atoms with van der Waals surface area (Å²) in [4.78, 5) is 7.24. The van der Waals surface area contributed by atoms with Gasteiger partial charge in [0.05, 0.1) is 12.0 Å². The van der Waals surface area contributed by atoms with E-state index >= 15 is 0 Å². The molecular formula is C24H36Cl2N4. The maximum atomic E-state index is 4.53. The van der Waals surface area contributed by atoms with Crippen LogP contribution in [0, 0.1) is 11.3 Å². The maximum absolute atomic E-state index is 4.53. The predicted molar refractivity (Wildman–Crippen MR) is 128 cm³/mol. The summed E-state index contributed by atoms with van der Waals surface area (Å²) in [5, 5.41) is 3.70. The molecule has 30 heavy (non-hydrogen) atoms. The monoisotopic (exact) mass is 450 g/mol. The molecule has 2 aromatic rings. The topological polar surface area (TPSA) is 33.1 Å². The molecule has 1 aliphatic carbocycles. The lowest BCUT2D eigenvalue weighted by atomic mass is 9.76. The van der Waals surface area contributed by atoms with Gasteiger partial charge in [0.1, 0.15) is 0 Å². The number of likely N-dealkylation sites (tertiary alicyclic amines) is 1. The van der Waals surface area contributed by atoms with Crippen molar-refractivity contribution >= 4 is 24.8 Å². The van der Waals surface area contributed by atoms with E-state index in [1.165, 1.54) is 82.4 Å². The fourth-order valence-corrected chi connectivity index (χ4v) is 6.02. The highest BCUT2D eigenvalue weighted by atomic mass is 35.5. The van der Waals surface area contributed by atoms with Crippen LogP contribution in [0.4, 0.5) is 0 Å². The van der Waals surface area contributed by atoms with Gasteiger partial charge in [-0.3, -0.25) is 4.90 Å². The Kier molecular flexibility index (Phi) is 8.25. The summed E-state index contributed by atoms with van der Waals surface area (Å²) < 4.78 is 2.50. The molecule has 1 N–H and O–H groups in total. The number of nitrogens with zero attached hydrogens (tertiary/aromatic N) is 3. The highest BCUT2D eigenvalue weighted by Crippen LogP contribution is 2.43. The Bertz CT molecular complexity index is 775. The van der Waals surface area contributed by atoms with Crippen molar-refractivity contribution in [2.24, 2.45) is 11.3 Å². The first-order valence-corrected chi connectivity index (χ1v) is 11.3. The quantitative estimate of drug-likeness (QED) is 0.679. The standard InChI is InChI=1S/C24H34N4.2ClH/c1-3-7-20(8-4-1)11-12-24-17-25-13-21(24)15-27(18-24)16-23-14-26-19-28(23)22-9-5-2-6-10-22;;/h1,3-4,7-8,14,19,21-22,25H,2,5-6,9-13,15-18H2;2*1H. The Labute approximate surface area is 193 Å².